The fourth-order valence-electron chi connectivity index (χ4n) is 5.67. The standard InChI is InChI=1S/C23H22F3N3O5/c1-21-8-15(28-20(32)33-10-11-3-4-11)22(2,34-21)17-16(21)18(30)29(19(17)31)13-6-5-12(9-27)14(7-13)23(24,25)26/h5-7,11,15-17H,3-4,8,10H2,1-2H3,(H,28,32)/t15-,16-,17+,21-,22+/m0/s1. The van der Waals surface area contributed by atoms with Crippen molar-refractivity contribution in [3.8, 4) is 6.07 Å². The number of benzene rings is 1. The number of nitrogens with zero attached hydrogens (tertiary/aromatic N) is 2. The van der Waals surface area contributed by atoms with Crippen LogP contribution in [0.4, 0.5) is 23.7 Å². The number of carbonyl (C=O) groups is 3. The third-order valence-corrected chi connectivity index (χ3v) is 7.46. The summed E-state index contributed by atoms with van der Waals surface area (Å²) in [5.74, 6) is -2.88. The van der Waals surface area contributed by atoms with Crippen LogP contribution in [0.3, 0.4) is 0 Å². The number of hydrogen-bond donors (Lipinski definition) is 1. The largest absolute Gasteiger partial charge is 0.449 e. The number of imide groups is 1. The van der Waals surface area contributed by atoms with Crippen LogP contribution >= 0.6 is 0 Å². The average molecular weight is 477 g/mol. The van der Waals surface area contributed by atoms with Crippen LogP contribution in [0.1, 0.15) is 44.2 Å². The van der Waals surface area contributed by atoms with Crippen molar-refractivity contribution in [3.05, 3.63) is 29.3 Å². The number of ether oxygens (including phenoxy) is 2. The molecular formula is C23H22F3N3O5. The quantitative estimate of drug-likeness (QED) is 0.668. The van der Waals surface area contributed by atoms with Gasteiger partial charge in [0.05, 0.1) is 58.6 Å². The van der Waals surface area contributed by atoms with Crippen LogP contribution in [0.25, 0.3) is 0 Å². The summed E-state index contributed by atoms with van der Waals surface area (Å²) in [4.78, 5) is 39.8. The second-order valence-corrected chi connectivity index (χ2v) is 9.85. The smallest absolute Gasteiger partial charge is 0.417 e. The van der Waals surface area contributed by atoms with E-state index in [9.17, 15) is 27.6 Å². The number of nitrogens with one attached hydrogen (secondary N) is 1. The Morgan fingerprint density at radius 1 is 1.26 bits per heavy atom. The van der Waals surface area contributed by atoms with E-state index in [1.54, 1.807) is 13.8 Å². The fourth-order valence-corrected chi connectivity index (χ4v) is 5.67. The Kier molecular flexibility index (Phi) is 4.79. The molecule has 5 rings (SSSR count). The molecule has 3 amide bonds. The Labute approximate surface area is 193 Å². The van der Waals surface area contributed by atoms with Gasteiger partial charge in [0.15, 0.2) is 0 Å². The summed E-state index contributed by atoms with van der Waals surface area (Å²) in [5.41, 5.74) is -4.41. The predicted octanol–water partition coefficient (Wildman–Crippen LogP) is 3.14. The Balaban J connectivity index is 1.44. The summed E-state index contributed by atoms with van der Waals surface area (Å²) < 4.78 is 51.8. The maximum atomic E-state index is 13.5. The van der Waals surface area contributed by atoms with Crippen molar-refractivity contribution in [3.63, 3.8) is 0 Å². The number of carbonyl (C=O) groups excluding carboxylic acids is 3. The van der Waals surface area contributed by atoms with Crippen LogP contribution < -0.4 is 10.2 Å². The van der Waals surface area contributed by atoms with Crippen molar-refractivity contribution in [2.45, 2.75) is 56.5 Å². The third kappa shape index (κ3) is 3.27. The highest BCUT2D eigenvalue weighted by molar-refractivity contribution is 6.23. The molecule has 0 radical (unpaired) electrons. The van der Waals surface area contributed by atoms with Gasteiger partial charge in [0, 0.05) is 6.42 Å². The molecule has 1 saturated carbocycles. The highest BCUT2D eigenvalue weighted by Gasteiger charge is 2.76. The monoisotopic (exact) mass is 477 g/mol. The number of hydrogen-bond acceptors (Lipinski definition) is 6. The van der Waals surface area contributed by atoms with Crippen molar-refractivity contribution in [1.82, 2.24) is 5.32 Å². The first kappa shape index (κ1) is 22.7. The zero-order valence-electron chi connectivity index (χ0n) is 18.4. The summed E-state index contributed by atoms with van der Waals surface area (Å²) in [6, 6.07) is 3.61. The molecule has 11 heteroatoms. The average Bonchev–Trinajstić information content (AvgIpc) is 3.43. The molecule has 1 N–H and O–H groups in total. The molecule has 4 aliphatic rings. The second-order valence-electron chi connectivity index (χ2n) is 9.85. The number of rotatable bonds is 4. The highest BCUT2D eigenvalue weighted by atomic mass is 19.4. The van der Waals surface area contributed by atoms with Gasteiger partial charge in [-0.3, -0.25) is 9.59 Å². The number of fused-ring (bicyclic) bond motifs is 5. The van der Waals surface area contributed by atoms with E-state index in [-0.39, 0.29) is 12.1 Å². The highest BCUT2D eigenvalue weighted by Crippen LogP contribution is 2.61. The Bertz CT molecular complexity index is 1140. The van der Waals surface area contributed by atoms with Gasteiger partial charge in [0.25, 0.3) is 0 Å². The van der Waals surface area contributed by atoms with Crippen LogP contribution in [0.5, 0.6) is 0 Å². The van der Waals surface area contributed by atoms with Crippen LogP contribution in [0.15, 0.2) is 18.2 Å². The van der Waals surface area contributed by atoms with Crippen LogP contribution in [0, 0.1) is 29.1 Å². The molecular weight excluding hydrogens is 455 g/mol. The van der Waals surface area contributed by atoms with E-state index in [4.69, 9.17) is 14.7 Å². The van der Waals surface area contributed by atoms with Gasteiger partial charge < -0.3 is 14.8 Å². The summed E-state index contributed by atoms with van der Waals surface area (Å²) in [7, 11) is 0. The van der Waals surface area contributed by atoms with Crippen LogP contribution in [-0.4, -0.2) is 41.8 Å². The summed E-state index contributed by atoms with van der Waals surface area (Å²) in [6.07, 6.45) is -3.20. The molecule has 0 spiro atoms. The zero-order valence-corrected chi connectivity index (χ0v) is 18.4. The van der Waals surface area contributed by atoms with Crippen molar-refractivity contribution in [2.24, 2.45) is 17.8 Å². The van der Waals surface area contributed by atoms with Gasteiger partial charge in [0.2, 0.25) is 11.8 Å². The number of alkyl halides is 3. The second kappa shape index (κ2) is 7.18. The Morgan fingerprint density at radius 3 is 2.56 bits per heavy atom. The van der Waals surface area contributed by atoms with Gasteiger partial charge in [-0.05, 0) is 50.8 Å². The summed E-state index contributed by atoms with van der Waals surface area (Å²) in [5, 5.41) is 11.8. The van der Waals surface area contributed by atoms with E-state index < -0.39 is 64.3 Å². The molecule has 1 aromatic carbocycles. The van der Waals surface area contributed by atoms with E-state index in [0.29, 0.717) is 18.6 Å². The molecule has 3 saturated heterocycles. The normalized spacial score (nSPS) is 34.2. The molecule has 3 aliphatic heterocycles. The number of nitriles is 1. The van der Waals surface area contributed by atoms with Crippen molar-refractivity contribution < 1.29 is 37.0 Å². The fraction of sp³-hybridized carbons (Fsp3) is 0.565. The Morgan fingerprint density at radius 2 is 1.94 bits per heavy atom. The van der Waals surface area contributed by atoms with Gasteiger partial charge in [-0.2, -0.15) is 18.4 Å². The molecule has 0 unspecified atom stereocenters. The third-order valence-electron chi connectivity index (χ3n) is 7.46. The maximum Gasteiger partial charge on any atom is 0.417 e. The van der Waals surface area contributed by atoms with Crippen LogP contribution in [0.2, 0.25) is 0 Å². The molecule has 4 fully saturated rings. The molecule has 1 aromatic rings. The van der Waals surface area contributed by atoms with Crippen molar-refractivity contribution in [2.75, 3.05) is 11.5 Å². The molecule has 3 heterocycles. The van der Waals surface area contributed by atoms with E-state index in [1.807, 2.05) is 0 Å². The van der Waals surface area contributed by atoms with Gasteiger partial charge in [-0.25, -0.2) is 9.69 Å². The topological polar surface area (TPSA) is 109 Å². The van der Waals surface area contributed by atoms with Crippen LogP contribution in [-0.2, 0) is 25.2 Å². The first-order valence-corrected chi connectivity index (χ1v) is 11.0. The summed E-state index contributed by atoms with van der Waals surface area (Å²) >= 11 is 0. The van der Waals surface area contributed by atoms with E-state index in [0.717, 1.165) is 29.9 Å². The Hall–Kier alpha value is -3.13. The molecule has 0 aromatic heterocycles. The molecule has 180 valence electrons. The van der Waals surface area contributed by atoms with Gasteiger partial charge in [-0.15, -0.1) is 0 Å². The minimum atomic E-state index is -4.83. The van der Waals surface area contributed by atoms with Gasteiger partial charge >= 0.3 is 12.3 Å². The molecule has 2 bridgehead atoms. The predicted molar refractivity (Wildman–Crippen MR) is 109 cm³/mol. The molecule has 5 atom stereocenters. The number of anilines is 1. The lowest BCUT2D eigenvalue weighted by molar-refractivity contribution is -0.138. The van der Waals surface area contributed by atoms with Gasteiger partial charge in [0.1, 0.15) is 0 Å². The van der Waals surface area contributed by atoms with Gasteiger partial charge in [-0.1, -0.05) is 0 Å². The first-order valence-electron chi connectivity index (χ1n) is 11.0. The molecule has 1 aliphatic carbocycles. The summed E-state index contributed by atoms with van der Waals surface area (Å²) in [6.45, 7) is 3.61. The van der Waals surface area contributed by atoms with Crippen molar-refractivity contribution >= 4 is 23.6 Å². The molecule has 8 nitrogen and oxygen atoms in total. The number of halogens is 3. The maximum absolute atomic E-state index is 13.5. The first-order chi connectivity index (χ1) is 15.9. The lowest BCUT2D eigenvalue weighted by atomic mass is 9.66. The SMILES string of the molecule is C[C@@]12O[C@@](C)(C[C@@H]1NC(=O)OCC1CC1)[C@@H]1C(=O)N(c3ccc(C#N)c(C(F)(F)F)c3)C(=O)[C@@H]12. The lowest BCUT2D eigenvalue weighted by Crippen LogP contribution is -2.56. The minimum absolute atomic E-state index is 0.247. The number of alkyl carbamates (subject to hydrolysis) is 1. The van der Waals surface area contributed by atoms with E-state index in [2.05, 4.69) is 5.32 Å². The zero-order chi connectivity index (χ0) is 24.6. The van der Waals surface area contributed by atoms with E-state index >= 15 is 0 Å². The number of amides is 3. The molecule has 34 heavy (non-hydrogen) atoms. The van der Waals surface area contributed by atoms with Crippen molar-refractivity contribution in [1.29, 1.82) is 5.26 Å². The lowest BCUT2D eigenvalue weighted by Gasteiger charge is -2.35. The minimum Gasteiger partial charge on any atom is -0.449 e. The van der Waals surface area contributed by atoms with E-state index in [1.165, 1.54) is 6.07 Å².